The number of hydrogen-bond donors (Lipinski definition) is 1. The first-order valence-electron chi connectivity index (χ1n) is 7.92. The molecule has 0 spiro atoms. The zero-order valence-electron chi connectivity index (χ0n) is 14.1. The molecule has 24 heavy (non-hydrogen) atoms. The number of rotatable bonds is 8. The van der Waals surface area contributed by atoms with E-state index in [2.05, 4.69) is 5.32 Å². The average Bonchev–Trinajstić information content (AvgIpc) is 2.81. The number of fused-ring (bicyclic) bond motifs is 1. The summed E-state index contributed by atoms with van der Waals surface area (Å²) in [4.78, 5) is 25.0. The molecule has 1 amide bonds. The van der Waals surface area contributed by atoms with E-state index in [4.69, 9.17) is 18.9 Å². The molecular formula is C16H24N2O6. The van der Waals surface area contributed by atoms with Gasteiger partial charge in [0, 0.05) is 45.5 Å². The Hall–Kier alpha value is -1.90. The Morgan fingerprint density at radius 2 is 2.04 bits per heavy atom. The van der Waals surface area contributed by atoms with Gasteiger partial charge < -0.3 is 28.8 Å². The van der Waals surface area contributed by atoms with Gasteiger partial charge in [0.1, 0.15) is 17.9 Å². The molecule has 0 fully saturated rings. The molecule has 0 saturated carbocycles. The molecule has 8 nitrogen and oxygen atoms in total. The number of aromatic nitrogens is 1. The van der Waals surface area contributed by atoms with Crippen molar-refractivity contribution in [1.29, 1.82) is 0 Å². The van der Waals surface area contributed by atoms with Crippen LogP contribution in [0.5, 0.6) is 5.75 Å². The highest BCUT2D eigenvalue weighted by Gasteiger charge is 2.23. The quantitative estimate of drug-likeness (QED) is 0.661. The van der Waals surface area contributed by atoms with Crippen LogP contribution in [0.4, 0.5) is 0 Å². The Morgan fingerprint density at radius 3 is 2.79 bits per heavy atom. The summed E-state index contributed by atoms with van der Waals surface area (Å²) in [6.07, 6.45) is 0.476. The van der Waals surface area contributed by atoms with Crippen molar-refractivity contribution in [3.05, 3.63) is 27.7 Å². The topological polar surface area (TPSA) is 88.0 Å². The molecule has 1 aliphatic rings. The fraction of sp³-hybridized carbons (Fsp3) is 0.625. The summed E-state index contributed by atoms with van der Waals surface area (Å²) in [5, 5.41) is 2.79. The Labute approximate surface area is 140 Å². The Balaban J connectivity index is 2.37. The number of nitrogens with zero attached hydrogens (tertiary/aromatic N) is 1. The normalized spacial score (nSPS) is 13.9. The van der Waals surface area contributed by atoms with Crippen molar-refractivity contribution >= 4 is 5.91 Å². The maximum absolute atomic E-state index is 12.6. The van der Waals surface area contributed by atoms with Gasteiger partial charge in [0.15, 0.2) is 0 Å². The molecule has 1 aromatic rings. The lowest BCUT2D eigenvalue weighted by molar-refractivity contribution is 0.0927. The van der Waals surface area contributed by atoms with Crippen LogP contribution in [0.15, 0.2) is 10.9 Å². The minimum atomic E-state index is -0.287. The zero-order valence-corrected chi connectivity index (χ0v) is 14.1. The lowest BCUT2D eigenvalue weighted by Gasteiger charge is -2.18. The van der Waals surface area contributed by atoms with Crippen LogP contribution in [0.2, 0.25) is 0 Å². The van der Waals surface area contributed by atoms with E-state index in [1.807, 2.05) is 0 Å². The van der Waals surface area contributed by atoms with Gasteiger partial charge in [-0.15, -0.1) is 0 Å². The third-order valence-electron chi connectivity index (χ3n) is 3.69. The predicted octanol–water partition coefficient (Wildman–Crippen LogP) is -0.178. The molecule has 0 bridgehead atoms. The first kappa shape index (κ1) is 18.4. The van der Waals surface area contributed by atoms with E-state index in [1.165, 1.54) is 6.07 Å². The summed E-state index contributed by atoms with van der Waals surface area (Å²) in [7, 11) is 3.13. The van der Waals surface area contributed by atoms with E-state index < -0.39 is 0 Å². The van der Waals surface area contributed by atoms with Crippen molar-refractivity contribution < 1.29 is 23.7 Å². The minimum absolute atomic E-state index is 0.198. The van der Waals surface area contributed by atoms with Gasteiger partial charge in [0.2, 0.25) is 0 Å². The van der Waals surface area contributed by atoms with E-state index in [-0.39, 0.29) is 23.8 Å². The first-order chi connectivity index (χ1) is 11.7. The molecule has 1 N–H and O–H groups in total. The molecule has 0 radical (unpaired) electrons. The van der Waals surface area contributed by atoms with Crippen LogP contribution in [-0.2, 0) is 27.2 Å². The van der Waals surface area contributed by atoms with E-state index >= 15 is 0 Å². The molecule has 1 aromatic heterocycles. The maximum atomic E-state index is 12.6. The van der Waals surface area contributed by atoms with Crippen LogP contribution in [0.25, 0.3) is 0 Å². The fourth-order valence-electron chi connectivity index (χ4n) is 2.55. The summed E-state index contributed by atoms with van der Waals surface area (Å²) >= 11 is 0. The smallest absolute Gasteiger partial charge is 0.256 e. The van der Waals surface area contributed by atoms with E-state index in [1.54, 1.807) is 18.8 Å². The van der Waals surface area contributed by atoms with Crippen LogP contribution in [-0.4, -0.2) is 64.3 Å². The van der Waals surface area contributed by atoms with Crippen LogP contribution < -0.4 is 15.6 Å². The van der Waals surface area contributed by atoms with Crippen molar-refractivity contribution in [2.24, 2.45) is 0 Å². The van der Waals surface area contributed by atoms with Crippen LogP contribution >= 0.6 is 0 Å². The third-order valence-corrected chi connectivity index (χ3v) is 3.69. The average molecular weight is 340 g/mol. The monoisotopic (exact) mass is 340 g/mol. The van der Waals surface area contributed by atoms with E-state index in [0.29, 0.717) is 57.2 Å². The van der Waals surface area contributed by atoms with Crippen molar-refractivity contribution in [1.82, 2.24) is 9.88 Å². The molecule has 1 aliphatic heterocycles. The van der Waals surface area contributed by atoms with Gasteiger partial charge in [0.25, 0.3) is 11.5 Å². The standard InChI is InChI=1S/C16H24N2O6/c1-21-7-4-17-16(20)15-12-3-6-23-8-5-18(12)14(19)11-13(15)24-10-9-22-2/h11H,3-10H2,1-2H3,(H,17,20). The molecule has 0 aromatic carbocycles. The number of carbonyl (C=O) groups is 1. The van der Waals surface area contributed by atoms with Gasteiger partial charge in [-0.1, -0.05) is 0 Å². The fourth-order valence-corrected chi connectivity index (χ4v) is 2.55. The second-order valence-electron chi connectivity index (χ2n) is 5.27. The number of ether oxygens (including phenoxy) is 4. The number of amides is 1. The van der Waals surface area contributed by atoms with Crippen LogP contribution in [0.3, 0.4) is 0 Å². The number of hydrogen-bond acceptors (Lipinski definition) is 6. The van der Waals surface area contributed by atoms with Crippen LogP contribution in [0.1, 0.15) is 16.1 Å². The van der Waals surface area contributed by atoms with Crippen LogP contribution in [0, 0.1) is 0 Å². The molecule has 0 unspecified atom stereocenters. The molecule has 8 heteroatoms. The van der Waals surface area contributed by atoms with Crippen molar-refractivity contribution in [3.63, 3.8) is 0 Å². The molecule has 0 aliphatic carbocycles. The Kier molecular flexibility index (Phi) is 7.23. The number of carbonyl (C=O) groups excluding carboxylic acids is 1. The molecule has 134 valence electrons. The van der Waals surface area contributed by atoms with Crippen molar-refractivity contribution in [2.45, 2.75) is 13.0 Å². The summed E-state index contributed by atoms with van der Waals surface area (Å²) < 4.78 is 22.6. The van der Waals surface area contributed by atoms with E-state index in [9.17, 15) is 9.59 Å². The Bertz CT molecular complexity index is 613. The summed E-state index contributed by atoms with van der Waals surface area (Å²) in [5.74, 6) is -0.00904. The lowest BCUT2D eigenvalue weighted by Crippen LogP contribution is -2.33. The largest absolute Gasteiger partial charge is 0.490 e. The second-order valence-corrected chi connectivity index (χ2v) is 5.27. The van der Waals surface area contributed by atoms with Gasteiger partial charge in [-0.25, -0.2) is 0 Å². The molecule has 0 atom stereocenters. The highest BCUT2D eigenvalue weighted by Crippen LogP contribution is 2.22. The maximum Gasteiger partial charge on any atom is 0.256 e. The first-order valence-corrected chi connectivity index (χ1v) is 7.92. The third kappa shape index (κ3) is 4.56. The summed E-state index contributed by atoms with van der Waals surface area (Å²) in [6.45, 7) is 2.73. The SMILES string of the molecule is COCCNC(=O)c1c(OCCOC)cc(=O)n2c1CCOCC2. The molecule has 2 heterocycles. The summed E-state index contributed by atoms with van der Waals surface area (Å²) in [6, 6.07) is 1.36. The van der Waals surface area contributed by atoms with Gasteiger partial charge in [-0.2, -0.15) is 0 Å². The lowest BCUT2D eigenvalue weighted by atomic mass is 10.1. The molecular weight excluding hydrogens is 316 g/mol. The Morgan fingerprint density at radius 1 is 1.25 bits per heavy atom. The predicted molar refractivity (Wildman–Crippen MR) is 86.8 cm³/mol. The van der Waals surface area contributed by atoms with Gasteiger partial charge in [-0.3, -0.25) is 9.59 Å². The number of methoxy groups -OCH3 is 2. The number of nitrogens with one attached hydrogen (secondary N) is 1. The van der Waals surface area contributed by atoms with E-state index in [0.717, 1.165) is 0 Å². The highest BCUT2D eigenvalue weighted by atomic mass is 16.5. The van der Waals surface area contributed by atoms with Gasteiger partial charge in [0.05, 0.1) is 26.4 Å². The number of pyridine rings is 1. The highest BCUT2D eigenvalue weighted by molar-refractivity contribution is 5.98. The van der Waals surface area contributed by atoms with Crippen molar-refractivity contribution in [2.75, 3.05) is 53.8 Å². The minimum Gasteiger partial charge on any atom is -0.490 e. The van der Waals surface area contributed by atoms with Gasteiger partial charge in [-0.05, 0) is 0 Å². The molecule has 0 saturated heterocycles. The summed E-state index contributed by atoms with van der Waals surface area (Å²) in [5.41, 5.74) is 0.825. The zero-order chi connectivity index (χ0) is 17.4. The molecule has 2 rings (SSSR count). The van der Waals surface area contributed by atoms with Crippen molar-refractivity contribution in [3.8, 4) is 5.75 Å². The van der Waals surface area contributed by atoms with Gasteiger partial charge >= 0.3 is 0 Å². The second kappa shape index (κ2) is 9.41.